The van der Waals surface area contributed by atoms with Gasteiger partial charge in [-0.2, -0.15) is 0 Å². The van der Waals surface area contributed by atoms with Crippen LogP contribution in [0.4, 0.5) is 4.79 Å². The molecule has 1 heterocycles. The molecule has 0 aliphatic carbocycles. The van der Waals surface area contributed by atoms with Crippen molar-refractivity contribution in [2.75, 3.05) is 39.8 Å². The Kier molecular flexibility index (Phi) is 6.83. The highest BCUT2D eigenvalue weighted by Crippen LogP contribution is 2.15. The maximum atomic E-state index is 12.3. The van der Waals surface area contributed by atoms with Gasteiger partial charge in [-0.05, 0) is 34.6 Å². The first-order chi connectivity index (χ1) is 10.5. The summed E-state index contributed by atoms with van der Waals surface area (Å²) in [6.45, 7) is 11.9. The van der Waals surface area contributed by atoms with Crippen LogP contribution in [0.2, 0.25) is 0 Å². The summed E-state index contributed by atoms with van der Waals surface area (Å²) >= 11 is 0. The third-order valence-corrected chi connectivity index (χ3v) is 4.03. The van der Waals surface area contributed by atoms with Gasteiger partial charge >= 0.3 is 6.09 Å². The van der Waals surface area contributed by atoms with Gasteiger partial charge in [0.25, 0.3) is 0 Å². The van der Waals surface area contributed by atoms with Crippen molar-refractivity contribution < 1.29 is 14.3 Å². The quantitative estimate of drug-likeness (QED) is 0.823. The molecule has 7 heteroatoms. The Bertz CT molecular complexity index is 420. The van der Waals surface area contributed by atoms with Gasteiger partial charge in [-0.1, -0.05) is 0 Å². The van der Waals surface area contributed by atoms with E-state index in [1.54, 1.807) is 16.8 Å². The first-order valence-electron chi connectivity index (χ1n) is 8.23. The number of amides is 2. The molecule has 2 amide bonds. The Balaban J connectivity index is 2.62. The van der Waals surface area contributed by atoms with Gasteiger partial charge < -0.3 is 20.3 Å². The van der Waals surface area contributed by atoms with Crippen LogP contribution in [0.25, 0.3) is 0 Å². The van der Waals surface area contributed by atoms with E-state index in [9.17, 15) is 9.59 Å². The average Bonchev–Trinajstić information content (AvgIpc) is 2.44. The summed E-state index contributed by atoms with van der Waals surface area (Å²) < 4.78 is 5.41. The number of ether oxygens (including phenoxy) is 1. The zero-order valence-electron chi connectivity index (χ0n) is 15.3. The van der Waals surface area contributed by atoms with Gasteiger partial charge in [0.05, 0.1) is 6.54 Å². The molecule has 0 radical (unpaired) electrons. The molecule has 1 atom stereocenters. The van der Waals surface area contributed by atoms with E-state index in [-0.39, 0.29) is 24.1 Å². The maximum absolute atomic E-state index is 12.3. The predicted molar refractivity (Wildman–Crippen MR) is 90.1 cm³/mol. The Labute approximate surface area is 139 Å². The van der Waals surface area contributed by atoms with Gasteiger partial charge in [0.1, 0.15) is 5.60 Å². The van der Waals surface area contributed by atoms with Gasteiger partial charge in [0.15, 0.2) is 0 Å². The Morgan fingerprint density at radius 2 is 1.91 bits per heavy atom. The Morgan fingerprint density at radius 1 is 1.30 bits per heavy atom. The number of carbonyl (C=O) groups is 2. The van der Waals surface area contributed by atoms with Crippen LogP contribution in [0.15, 0.2) is 0 Å². The van der Waals surface area contributed by atoms with E-state index in [0.29, 0.717) is 32.7 Å². The molecule has 2 N–H and O–H groups in total. The molecular weight excluding hydrogens is 296 g/mol. The van der Waals surface area contributed by atoms with Crippen molar-refractivity contribution in [2.45, 2.75) is 52.3 Å². The second kappa shape index (κ2) is 7.97. The normalized spacial score (nSPS) is 19.8. The highest BCUT2D eigenvalue weighted by atomic mass is 16.6. The fourth-order valence-corrected chi connectivity index (χ4v) is 2.39. The molecule has 1 fully saturated rings. The third kappa shape index (κ3) is 5.99. The van der Waals surface area contributed by atoms with Gasteiger partial charge in [-0.15, -0.1) is 0 Å². The monoisotopic (exact) mass is 328 g/mol. The predicted octanol–water partition coefficient (Wildman–Crippen LogP) is 0.733. The van der Waals surface area contributed by atoms with Gasteiger partial charge in [0, 0.05) is 45.3 Å². The molecule has 7 nitrogen and oxygen atoms in total. The molecule has 1 saturated heterocycles. The highest BCUT2D eigenvalue weighted by Gasteiger charge is 2.32. The topological polar surface area (TPSA) is 79.1 Å². The van der Waals surface area contributed by atoms with Crippen LogP contribution in [-0.4, -0.2) is 84.2 Å². The third-order valence-electron chi connectivity index (χ3n) is 4.03. The molecular formula is C16H32N4O3. The summed E-state index contributed by atoms with van der Waals surface area (Å²) in [5.41, 5.74) is 5.34. The van der Waals surface area contributed by atoms with Gasteiger partial charge in [-0.3, -0.25) is 9.69 Å². The van der Waals surface area contributed by atoms with Crippen LogP contribution in [0.1, 0.15) is 34.6 Å². The second-order valence-corrected chi connectivity index (χ2v) is 7.38. The van der Waals surface area contributed by atoms with E-state index >= 15 is 0 Å². The smallest absolute Gasteiger partial charge is 0.410 e. The van der Waals surface area contributed by atoms with Crippen LogP contribution in [-0.2, 0) is 9.53 Å². The lowest BCUT2D eigenvalue weighted by molar-refractivity contribution is -0.133. The Hall–Kier alpha value is -1.34. The molecule has 0 saturated carbocycles. The van der Waals surface area contributed by atoms with Crippen molar-refractivity contribution in [1.82, 2.24) is 14.7 Å². The van der Waals surface area contributed by atoms with Crippen molar-refractivity contribution >= 4 is 12.0 Å². The fraction of sp³-hybridized carbons (Fsp3) is 0.875. The molecule has 1 aliphatic heterocycles. The van der Waals surface area contributed by atoms with Crippen molar-refractivity contribution in [3.05, 3.63) is 0 Å². The molecule has 1 unspecified atom stereocenters. The molecule has 0 aromatic rings. The zero-order valence-corrected chi connectivity index (χ0v) is 15.3. The van der Waals surface area contributed by atoms with E-state index in [2.05, 4.69) is 4.90 Å². The molecule has 1 aliphatic rings. The van der Waals surface area contributed by atoms with E-state index in [4.69, 9.17) is 10.5 Å². The molecule has 23 heavy (non-hydrogen) atoms. The van der Waals surface area contributed by atoms with Crippen LogP contribution in [0.3, 0.4) is 0 Å². The molecule has 0 aromatic carbocycles. The van der Waals surface area contributed by atoms with Crippen molar-refractivity contribution in [3.8, 4) is 0 Å². The average molecular weight is 328 g/mol. The number of piperazine rings is 1. The number of carbonyl (C=O) groups excluding carboxylic acids is 2. The van der Waals surface area contributed by atoms with E-state index in [1.165, 1.54) is 0 Å². The van der Waals surface area contributed by atoms with E-state index < -0.39 is 5.60 Å². The number of hydrogen-bond donors (Lipinski definition) is 1. The number of nitrogens with two attached hydrogens (primary N) is 1. The summed E-state index contributed by atoms with van der Waals surface area (Å²) in [5, 5.41) is 0. The lowest BCUT2D eigenvalue weighted by Crippen LogP contribution is -2.59. The Morgan fingerprint density at radius 3 is 2.39 bits per heavy atom. The maximum Gasteiger partial charge on any atom is 0.410 e. The van der Waals surface area contributed by atoms with Crippen molar-refractivity contribution in [2.24, 2.45) is 5.73 Å². The van der Waals surface area contributed by atoms with Crippen LogP contribution < -0.4 is 5.73 Å². The van der Waals surface area contributed by atoms with E-state index in [1.807, 2.05) is 34.6 Å². The minimum Gasteiger partial charge on any atom is -0.444 e. The second-order valence-electron chi connectivity index (χ2n) is 7.38. The molecule has 0 aromatic heterocycles. The number of nitrogens with zero attached hydrogens (tertiary/aromatic N) is 3. The van der Waals surface area contributed by atoms with Crippen molar-refractivity contribution in [1.29, 1.82) is 0 Å². The molecule has 134 valence electrons. The van der Waals surface area contributed by atoms with Crippen LogP contribution >= 0.6 is 0 Å². The summed E-state index contributed by atoms with van der Waals surface area (Å²) in [6.07, 6.45) is -0.318. The summed E-state index contributed by atoms with van der Waals surface area (Å²) in [4.78, 5) is 29.9. The lowest BCUT2D eigenvalue weighted by Gasteiger charge is -2.41. The lowest BCUT2D eigenvalue weighted by atomic mass is 10.1. The van der Waals surface area contributed by atoms with Crippen molar-refractivity contribution in [3.63, 3.8) is 0 Å². The minimum absolute atomic E-state index is 0.0271. The molecule has 1 rings (SSSR count). The molecule has 0 spiro atoms. The molecule has 0 bridgehead atoms. The number of likely N-dealkylation sites (N-methyl/N-ethyl adjacent to an activating group) is 1. The van der Waals surface area contributed by atoms with Crippen LogP contribution in [0, 0.1) is 0 Å². The van der Waals surface area contributed by atoms with Gasteiger partial charge in [0.2, 0.25) is 5.91 Å². The first-order valence-corrected chi connectivity index (χ1v) is 8.23. The zero-order chi connectivity index (χ0) is 17.8. The highest BCUT2D eigenvalue weighted by molar-refractivity contribution is 5.78. The fourth-order valence-electron chi connectivity index (χ4n) is 2.39. The van der Waals surface area contributed by atoms with Crippen LogP contribution in [0.5, 0.6) is 0 Å². The largest absolute Gasteiger partial charge is 0.444 e. The minimum atomic E-state index is -0.512. The summed E-state index contributed by atoms with van der Waals surface area (Å²) in [5.74, 6) is 0.0733. The first kappa shape index (κ1) is 19.7. The number of hydrogen-bond acceptors (Lipinski definition) is 5. The number of rotatable bonds is 4. The SMILES string of the molecule is CC(C)N(C)C(=O)CN1CCN(C(=O)OC(C)(C)C)CC1CN. The summed E-state index contributed by atoms with van der Waals surface area (Å²) in [7, 11) is 1.81. The van der Waals surface area contributed by atoms with E-state index in [0.717, 1.165) is 0 Å². The summed E-state index contributed by atoms with van der Waals surface area (Å²) in [6, 6.07) is 0.141. The van der Waals surface area contributed by atoms with Gasteiger partial charge in [-0.25, -0.2) is 4.79 Å². The standard InChI is InChI=1S/C16H32N4O3/c1-12(2)18(6)14(21)11-19-7-8-20(10-13(19)9-17)15(22)23-16(3,4)5/h12-13H,7-11,17H2,1-6H3.